The van der Waals surface area contributed by atoms with E-state index in [1.807, 2.05) is 26.8 Å². The van der Waals surface area contributed by atoms with Crippen LogP contribution in [0.5, 0.6) is 5.88 Å². The molecular weight excluding hydrogens is 180 g/mol. The Morgan fingerprint density at radius 3 is 2.50 bits per heavy atom. The van der Waals surface area contributed by atoms with Crippen LogP contribution in [0.3, 0.4) is 0 Å². The highest BCUT2D eigenvalue weighted by atomic mass is 16.5. The van der Waals surface area contributed by atoms with Gasteiger partial charge < -0.3 is 9.84 Å². The van der Waals surface area contributed by atoms with Crippen molar-refractivity contribution >= 4 is 0 Å². The molecule has 4 heteroatoms. The molecule has 0 atom stereocenters. The molecule has 1 aromatic rings. The molecule has 0 saturated carbocycles. The highest BCUT2D eigenvalue weighted by Crippen LogP contribution is 2.20. The first-order valence-electron chi connectivity index (χ1n) is 4.68. The van der Waals surface area contributed by atoms with Gasteiger partial charge in [-0.25, -0.2) is 0 Å². The third-order valence-electron chi connectivity index (χ3n) is 2.02. The van der Waals surface area contributed by atoms with E-state index in [-0.39, 0.29) is 12.0 Å². The van der Waals surface area contributed by atoms with Crippen molar-refractivity contribution in [3.63, 3.8) is 0 Å². The lowest BCUT2D eigenvalue weighted by Crippen LogP contribution is -2.23. The van der Waals surface area contributed by atoms with Crippen molar-refractivity contribution in [2.75, 3.05) is 13.2 Å². The van der Waals surface area contributed by atoms with Gasteiger partial charge >= 0.3 is 0 Å². The molecule has 0 radical (unpaired) electrons. The van der Waals surface area contributed by atoms with Gasteiger partial charge in [-0.1, -0.05) is 13.8 Å². The number of ether oxygens (including phenoxy) is 1. The minimum absolute atomic E-state index is 0.0513. The monoisotopic (exact) mass is 196 g/mol. The van der Waals surface area contributed by atoms with E-state index in [1.54, 1.807) is 6.07 Å². The molecule has 0 amide bonds. The van der Waals surface area contributed by atoms with Crippen LogP contribution in [0.4, 0.5) is 0 Å². The second-order valence-corrected chi connectivity index (χ2v) is 3.73. The van der Waals surface area contributed by atoms with Gasteiger partial charge in [0.1, 0.15) is 0 Å². The number of aromatic nitrogens is 2. The van der Waals surface area contributed by atoms with Crippen molar-refractivity contribution < 1.29 is 9.84 Å². The Labute approximate surface area is 83.9 Å². The van der Waals surface area contributed by atoms with E-state index in [1.165, 1.54) is 0 Å². The maximum Gasteiger partial charge on any atom is 0.233 e. The van der Waals surface area contributed by atoms with Crippen molar-refractivity contribution in [3.05, 3.63) is 17.8 Å². The lowest BCUT2D eigenvalue weighted by molar-refractivity contribution is 0.213. The Bertz CT molecular complexity index is 283. The van der Waals surface area contributed by atoms with Crippen LogP contribution >= 0.6 is 0 Å². The molecular formula is C10H16N2O2. The number of aliphatic hydroxyl groups is 1. The number of rotatable bonds is 4. The van der Waals surface area contributed by atoms with Crippen LogP contribution in [-0.2, 0) is 5.41 Å². The van der Waals surface area contributed by atoms with Crippen LogP contribution in [0.2, 0.25) is 0 Å². The normalized spacial score (nSPS) is 11.4. The van der Waals surface area contributed by atoms with Gasteiger partial charge in [-0.2, -0.15) is 5.10 Å². The number of hydrogen-bond donors (Lipinski definition) is 1. The SMILES string of the molecule is CCOc1ccc(C(C)(C)CO)nn1. The van der Waals surface area contributed by atoms with Crippen molar-refractivity contribution in [2.45, 2.75) is 26.2 Å². The molecule has 0 unspecified atom stereocenters. The van der Waals surface area contributed by atoms with E-state index in [9.17, 15) is 0 Å². The summed E-state index contributed by atoms with van der Waals surface area (Å²) >= 11 is 0. The second-order valence-electron chi connectivity index (χ2n) is 3.73. The Balaban J connectivity index is 2.82. The van der Waals surface area contributed by atoms with Gasteiger partial charge in [0.25, 0.3) is 0 Å². The third-order valence-corrected chi connectivity index (χ3v) is 2.02. The summed E-state index contributed by atoms with van der Waals surface area (Å²) in [5.41, 5.74) is 0.418. The zero-order valence-corrected chi connectivity index (χ0v) is 8.82. The Morgan fingerprint density at radius 1 is 1.36 bits per heavy atom. The summed E-state index contributed by atoms with van der Waals surface area (Å²) in [6.07, 6.45) is 0. The van der Waals surface area contributed by atoms with Gasteiger partial charge in [0.05, 0.1) is 18.9 Å². The third kappa shape index (κ3) is 2.42. The van der Waals surface area contributed by atoms with Crippen molar-refractivity contribution in [3.8, 4) is 5.88 Å². The van der Waals surface area contributed by atoms with Gasteiger partial charge in [0, 0.05) is 11.5 Å². The van der Waals surface area contributed by atoms with Crippen LogP contribution in [0.25, 0.3) is 0 Å². The van der Waals surface area contributed by atoms with Gasteiger partial charge in [-0.05, 0) is 13.0 Å². The predicted octanol–water partition coefficient (Wildman–Crippen LogP) is 1.15. The predicted molar refractivity (Wildman–Crippen MR) is 53.3 cm³/mol. The molecule has 1 heterocycles. The van der Waals surface area contributed by atoms with E-state index >= 15 is 0 Å². The van der Waals surface area contributed by atoms with Crippen LogP contribution in [0.15, 0.2) is 12.1 Å². The van der Waals surface area contributed by atoms with Crippen molar-refractivity contribution in [1.82, 2.24) is 10.2 Å². The molecule has 78 valence electrons. The smallest absolute Gasteiger partial charge is 0.233 e. The first-order valence-corrected chi connectivity index (χ1v) is 4.68. The molecule has 0 aliphatic rings. The summed E-state index contributed by atoms with van der Waals surface area (Å²) in [5, 5.41) is 17.0. The topological polar surface area (TPSA) is 55.2 Å². The molecule has 0 spiro atoms. The molecule has 0 aliphatic carbocycles. The molecule has 0 fully saturated rings. The molecule has 1 N–H and O–H groups in total. The van der Waals surface area contributed by atoms with Crippen LogP contribution < -0.4 is 4.74 Å². The summed E-state index contributed by atoms with van der Waals surface area (Å²) < 4.78 is 5.17. The molecule has 0 saturated heterocycles. The average Bonchev–Trinajstić information content (AvgIpc) is 2.19. The summed E-state index contributed by atoms with van der Waals surface area (Å²) in [7, 11) is 0. The lowest BCUT2D eigenvalue weighted by atomic mass is 9.90. The summed E-state index contributed by atoms with van der Waals surface area (Å²) in [5.74, 6) is 0.519. The maximum absolute atomic E-state index is 9.12. The number of aliphatic hydroxyl groups excluding tert-OH is 1. The maximum atomic E-state index is 9.12. The number of nitrogens with zero attached hydrogens (tertiary/aromatic N) is 2. The van der Waals surface area contributed by atoms with E-state index in [4.69, 9.17) is 9.84 Å². The van der Waals surface area contributed by atoms with Gasteiger partial charge in [-0.15, -0.1) is 5.10 Å². The standard InChI is InChI=1S/C10H16N2O2/c1-4-14-9-6-5-8(11-12-9)10(2,3)7-13/h5-6,13H,4,7H2,1-3H3. The molecule has 1 rings (SSSR count). The van der Waals surface area contributed by atoms with E-state index < -0.39 is 0 Å². The fraction of sp³-hybridized carbons (Fsp3) is 0.600. The zero-order chi connectivity index (χ0) is 10.6. The van der Waals surface area contributed by atoms with Gasteiger partial charge in [0.2, 0.25) is 5.88 Å². The van der Waals surface area contributed by atoms with Crippen LogP contribution in [-0.4, -0.2) is 28.5 Å². The summed E-state index contributed by atoms with van der Waals surface area (Å²) in [6, 6.07) is 3.59. The Kier molecular flexibility index (Phi) is 3.41. The highest BCUT2D eigenvalue weighted by molar-refractivity contribution is 5.17. The van der Waals surface area contributed by atoms with Gasteiger partial charge in [-0.3, -0.25) is 0 Å². The number of hydrogen-bond acceptors (Lipinski definition) is 4. The van der Waals surface area contributed by atoms with E-state index in [0.29, 0.717) is 12.5 Å². The van der Waals surface area contributed by atoms with Crippen molar-refractivity contribution in [2.24, 2.45) is 0 Å². The van der Waals surface area contributed by atoms with Gasteiger partial charge in [0.15, 0.2) is 0 Å². The summed E-state index contributed by atoms with van der Waals surface area (Å²) in [6.45, 7) is 6.36. The zero-order valence-electron chi connectivity index (χ0n) is 8.82. The first-order chi connectivity index (χ1) is 6.60. The highest BCUT2D eigenvalue weighted by Gasteiger charge is 2.21. The first kappa shape index (κ1) is 10.9. The molecule has 0 bridgehead atoms. The fourth-order valence-corrected chi connectivity index (χ4v) is 0.987. The minimum atomic E-state index is -0.349. The van der Waals surface area contributed by atoms with Crippen molar-refractivity contribution in [1.29, 1.82) is 0 Å². The molecule has 1 aromatic heterocycles. The van der Waals surface area contributed by atoms with Crippen LogP contribution in [0, 0.1) is 0 Å². The fourth-order valence-electron chi connectivity index (χ4n) is 0.987. The quantitative estimate of drug-likeness (QED) is 0.784. The molecule has 0 aromatic carbocycles. The Hall–Kier alpha value is -1.16. The Morgan fingerprint density at radius 2 is 2.07 bits per heavy atom. The molecule has 0 aliphatic heterocycles. The average molecular weight is 196 g/mol. The summed E-state index contributed by atoms with van der Waals surface area (Å²) in [4.78, 5) is 0. The largest absolute Gasteiger partial charge is 0.477 e. The molecule has 4 nitrogen and oxygen atoms in total. The van der Waals surface area contributed by atoms with E-state index in [0.717, 1.165) is 5.69 Å². The molecule has 14 heavy (non-hydrogen) atoms. The minimum Gasteiger partial charge on any atom is -0.477 e. The lowest BCUT2D eigenvalue weighted by Gasteiger charge is -2.19. The van der Waals surface area contributed by atoms with Crippen LogP contribution in [0.1, 0.15) is 26.5 Å². The second kappa shape index (κ2) is 4.37. The van der Waals surface area contributed by atoms with E-state index in [2.05, 4.69) is 10.2 Å².